The third-order valence-corrected chi connectivity index (χ3v) is 3.44. The Kier molecular flexibility index (Phi) is 5.81. The summed E-state index contributed by atoms with van der Waals surface area (Å²) in [7, 11) is 0. The molecule has 4 nitrogen and oxygen atoms in total. The van der Waals surface area contributed by atoms with Gasteiger partial charge in [0.25, 0.3) is 0 Å². The Morgan fingerprint density at radius 2 is 2.00 bits per heavy atom. The molecule has 0 saturated heterocycles. The van der Waals surface area contributed by atoms with E-state index in [1.165, 1.54) is 0 Å². The number of rotatable bonds is 7. The number of aromatic hydroxyl groups is 1. The molecular formula is C18H23NO3. The average molecular weight is 301 g/mol. The zero-order valence-corrected chi connectivity index (χ0v) is 13.0. The Bertz CT molecular complexity index is 613. The van der Waals surface area contributed by atoms with Gasteiger partial charge in [-0.15, -0.1) is 0 Å². The van der Waals surface area contributed by atoms with E-state index in [1.54, 1.807) is 12.1 Å². The van der Waals surface area contributed by atoms with Crippen LogP contribution in [0.4, 0.5) is 0 Å². The molecule has 0 saturated carbocycles. The maximum absolute atomic E-state index is 10.2. The number of aliphatic hydroxyl groups is 1. The first kappa shape index (κ1) is 16.3. The molecule has 0 aliphatic carbocycles. The first-order chi connectivity index (χ1) is 10.6. The van der Waals surface area contributed by atoms with Crippen molar-refractivity contribution in [3.8, 4) is 11.5 Å². The summed E-state index contributed by atoms with van der Waals surface area (Å²) in [6, 6.07) is 13.0. The molecular weight excluding hydrogens is 278 g/mol. The van der Waals surface area contributed by atoms with Crippen molar-refractivity contribution >= 4 is 0 Å². The summed E-state index contributed by atoms with van der Waals surface area (Å²) in [4.78, 5) is 0. The molecule has 0 radical (unpaired) electrons. The third kappa shape index (κ3) is 4.48. The highest BCUT2D eigenvalue weighted by atomic mass is 16.5. The summed E-state index contributed by atoms with van der Waals surface area (Å²) in [5, 5.41) is 23.2. The molecule has 1 unspecified atom stereocenters. The molecule has 0 fully saturated rings. The molecule has 2 aromatic rings. The Morgan fingerprint density at radius 1 is 1.18 bits per heavy atom. The van der Waals surface area contributed by atoms with Gasteiger partial charge in [0.1, 0.15) is 11.5 Å². The largest absolute Gasteiger partial charge is 0.508 e. The van der Waals surface area contributed by atoms with E-state index in [-0.39, 0.29) is 5.75 Å². The Balaban J connectivity index is 1.92. The molecule has 0 aliphatic rings. The van der Waals surface area contributed by atoms with Crippen molar-refractivity contribution in [2.45, 2.75) is 26.5 Å². The molecule has 2 rings (SSSR count). The summed E-state index contributed by atoms with van der Waals surface area (Å²) in [5.41, 5.74) is 2.76. The van der Waals surface area contributed by atoms with Crippen LogP contribution in [0.25, 0.3) is 0 Å². The molecule has 3 N–H and O–H groups in total. The van der Waals surface area contributed by atoms with Crippen LogP contribution in [0.3, 0.4) is 0 Å². The second kappa shape index (κ2) is 7.82. The zero-order chi connectivity index (χ0) is 15.9. The summed E-state index contributed by atoms with van der Waals surface area (Å²) in [6.45, 7) is 5.39. The fourth-order valence-corrected chi connectivity index (χ4v) is 2.30. The summed E-state index contributed by atoms with van der Waals surface area (Å²) >= 11 is 0. The van der Waals surface area contributed by atoms with Crippen molar-refractivity contribution in [1.29, 1.82) is 0 Å². The van der Waals surface area contributed by atoms with Crippen molar-refractivity contribution in [3.05, 3.63) is 59.2 Å². The van der Waals surface area contributed by atoms with Crippen LogP contribution in [0.2, 0.25) is 0 Å². The lowest BCUT2D eigenvalue weighted by Crippen LogP contribution is -2.21. The standard InChI is InChI=1S/C18H23NO3/c1-3-22-16-7-8-17(20)15(10-16)11-19-12-18(21)14-6-4-5-13(2)9-14/h4-10,18-21H,3,11-12H2,1-2H3. The zero-order valence-electron chi connectivity index (χ0n) is 13.0. The van der Waals surface area contributed by atoms with E-state index in [1.807, 2.05) is 44.2 Å². The van der Waals surface area contributed by atoms with Crippen LogP contribution >= 0.6 is 0 Å². The molecule has 0 heterocycles. The van der Waals surface area contributed by atoms with Gasteiger partial charge in [-0.1, -0.05) is 29.8 Å². The van der Waals surface area contributed by atoms with Gasteiger partial charge in [-0.25, -0.2) is 0 Å². The van der Waals surface area contributed by atoms with Crippen LogP contribution in [0.5, 0.6) is 11.5 Å². The van der Waals surface area contributed by atoms with Gasteiger partial charge in [0, 0.05) is 18.7 Å². The molecule has 118 valence electrons. The summed E-state index contributed by atoms with van der Waals surface area (Å²) in [6.07, 6.45) is -0.572. The highest BCUT2D eigenvalue weighted by molar-refractivity contribution is 5.39. The Morgan fingerprint density at radius 3 is 2.73 bits per heavy atom. The molecule has 0 aromatic heterocycles. The topological polar surface area (TPSA) is 61.7 Å². The fourth-order valence-electron chi connectivity index (χ4n) is 2.30. The lowest BCUT2D eigenvalue weighted by molar-refractivity contribution is 0.174. The van der Waals surface area contributed by atoms with Gasteiger partial charge in [-0.2, -0.15) is 0 Å². The summed E-state index contributed by atoms with van der Waals surface area (Å²) in [5.74, 6) is 0.956. The van der Waals surface area contributed by atoms with E-state index < -0.39 is 6.10 Å². The SMILES string of the molecule is CCOc1ccc(O)c(CNCC(O)c2cccc(C)c2)c1. The number of ether oxygens (including phenoxy) is 1. The molecule has 22 heavy (non-hydrogen) atoms. The monoisotopic (exact) mass is 301 g/mol. The third-order valence-electron chi connectivity index (χ3n) is 3.44. The Hall–Kier alpha value is -2.04. The van der Waals surface area contributed by atoms with Gasteiger partial charge < -0.3 is 20.3 Å². The quantitative estimate of drug-likeness (QED) is 0.736. The number of hydrogen-bond donors (Lipinski definition) is 3. The number of aliphatic hydroxyl groups excluding tert-OH is 1. The predicted molar refractivity (Wildman–Crippen MR) is 87.1 cm³/mol. The van der Waals surface area contributed by atoms with Gasteiger partial charge in [-0.3, -0.25) is 0 Å². The van der Waals surface area contributed by atoms with Crippen molar-refractivity contribution in [2.75, 3.05) is 13.2 Å². The second-order valence-corrected chi connectivity index (χ2v) is 5.28. The lowest BCUT2D eigenvalue weighted by Gasteiger charge is -2.14. The fraction of sp³-hybridized carbons (Fsp3) is 0.333. The van der Waals surface area contributed by atoms with E-state index in [9.17, 15) is 10.2 Å². The minimum atomic E-state index is -0.572. The molecule has 4 heteroatoms. The van der Waals surface area contributed by atoms with E-state index in [0.717, 1.165) is 22.4 Å². The first-order valence-corrected chi connectivity index (χ1v) is 7.50. The molecule has 2 aromatic carbocycles. The number of phenolic OH excluding ortho intramolecular Hbond substituents is 1. The highest BCUT2D eigenvalue weighted by Gasteiger charge is 2.08. The van der Waals surface area contributed by atoms with Gasteiger partial charge >= 0.3 is 0 Å². The van der Waals surface area contributed by atoms with Gasteiger partial charge in [0.05, 0.1) is 12.7 Å². The maximum Gasteiger partial charge on any atom is 0.120 e. The number of benzene rings is 2. The van der Waals surface area contributed by atoms with E-state index in [2.05, 4.69) is 5.32 Å². The number of phenols is 1. The van der Waals surface area contributed by atoms with Crippen molar-refractivity contribution in [3.63, 3.8) is 0 Å². The molecule has 1 atom stereocenters. The van der Waals surface area contributed by atoms with Gasteiger partial charge in [0.15, 0.2) is 0 Å². The highest BCUT2D eigenvalue weighted by Crippen LogP contribution is 2.23. The predicted octanol–water partition coefficient (Wildman–Crippen LogP) is 2.92. The van der Waals surface area contributed by atoms with Crippen LogP contribution in [-0.4, -0.2) is 23.4 Å². The number of nitrogens with one attached hydrogen (secondary N) is 1. The van der Waals surface area contributed by atoms with Crippen LogP contribution in [0, 0.1) is 6.92 Å². The minimum absolute atomic E-state index is 0.223. The number of hydrogen-bond acceptors (Lipinski definition) is 4. The van der Waals surface area contributed by atoms with Gasteiger partial charge in [0.2, 0.25) is 0 Å². The van der Waals surface area contributed by atoms with Crippen molar-refractivity contribution in [1.82, 2.24) is 5.32 Å². The van der Waals surface area contributed by atoms with Crippen LogP contribution in [-0.2, 0) is 6.54 Å². The van der Waals surface area contributed by atoms with Crippen LogP contribution < -0.4 is 10.1 Å². The molecule has 0 aliphatic heterocycles. The Labute approximate surface area is 131 Å². The molecule has 0 amide bonds. The maximum atomic E-state index is 10.2. The minimum Gasteiger partial charge on any atom is -0.508 e. The van der Waals surface area contributed by atoms with Crippen LogP contribution in [0.15, 0.2) is 42.5 Å². The van der Waals surface area contributed by atoms with Crippen LogP contribution in [0.1, 0.15) is 29.7 Å². The molecule has 0 spiro atoms. The lowest BCUT2D eigenvalue weighted by atomic mass is 10.1. The molecule has 0 bridgehead atoms. The first-order valence-electron chi connectivity index (χ1n) is 7.50. The summed E-state index contributed by atoms with van der Waals surface area (Å²) < 4.78 is 5.42. The average Bonchev–Trinajstić information content (AvgIpc) is 2.50. The number of aryl methyl sites for hydroxylation is 1. The van der Waals surface area contributed by atoms with E-state index in [0.29, 0.717) is 19.7 Å². The van der Waals surface area contributed by atoms with Gasteiger partial charge in [-0.05, 0) is 37.6 Å². The van der Waals surface area contributed by atoms with E-state index >= 15 is 0 Å². The normalized spacial score (nSPS) is 12.1. The van der Waals surface area contributed by atoms with E-state index in [4.69, 9.17) is 4.74 Å². The van der Waals surface area contributed by atoms with Crippen molar-refractivity contribution in [2.24, 2.45) is 0 Å². The smallest absolute Gasteiger partial charge is 0.120 e. The second-order valence-electron chi connectivity index (χ2n) is 5.28. The van der Waals surface area contributed by atoms with Crippen molar-refractivity contribution < 1.29 is 14.9 Å².